The molecule has 2 aliphatic heterocycles. The number of nitrogens with zero attached hydrogens (tertiary/aromatic N) is 2. The Kier molecular flexibility index (Phi) is 8.58. The molecule has 1 amide bonds. The second-order valence-electron chi connectivity index (χ2n) is 11.6. The van der Waals surface area contributed by atoms with E-state index in [0.717, 1.165) is 52.0 Å². The van der Waals surface area contributed by atoms with Crippen molar-refractivity contribution in [3.05, 3.63) is 124 Å². The highest BCUT2D eigenvalue weighted by Gasteiger charge is 2.48. The number of fused-ring (bicyclic) bond motifs is 6. The summed E-state index contributed by atoms with van der Waals surface area (Å²) >= 11 is 3.75. The second-order valence-corrected chi connectivity index (χ2v) is 16.4. The third-order valence-electron chi connectivity index (χ3n) is 8.94. The first-order valence-corrected chi connectivity index (χ1v) is 18.9. The molecule has 12 heteroatoms. The van der Waals surface area contributed by atoms with E-state index in [1.807, 2.05) is 53.9 Å². The van der Waals surface area contributed by atoms with Crippen LogP contribution in [0.15, 0.2) is 83.8 Å². The molecule has 3 aliphatic rings. The van der Waals surface area contributed by atoms with Crippen LogP contribution in [-0.2, 0) is 36.6 Å². The predicted molar refractivity (Wildman–Crippen MR) is 183 cm³/mol. The van der Waals surface area contributed by atoms with Gasteiger partial charge in [-0.2, -0.15) is 9.57 Å². The molecule has 0 bridgehead atoms. The van der Waals surface area contributed by atoms with E-state index in [1.54, 1.807) is 31.2 Å². The standard InChI is InChI=1S/C36H30FN3O5S3/c1-2-45-35(42)33(39-34(41)28-7-5-9-30-32(28)27-6-3-4-8-29(27)36(30)46-16-17-47-36)23-11-10-22-14-15-40(21-25(22)18-23)48(43,44)26-12-13-31(37)24(19-26)20-38/h3-13,18-19,33H,2,14-17,21H2,1H3,(H,39,41). The molecule has 48 heavy (non-hydrogen) atoms. The van der Waals surface area contributed by atoms with Crippen LogP contribution in [0, 0.1) is 17.1 Å². The van der Waals surface area contributed by atoms with E-state index in [9.17, 15) is 27.7 Å². The van der Waals surface area contributed by atoms with Gasteiger partial charge in [-0.25, -0.2) is 17.6 Å². The number of halogens is 1. The third-order valence-corrected chi connectivity index (χ3v) is 14.3. The van der Waals surface area contributed by atoms with Gasteiger partial charge in [-0.05, 0) is 71.0 Å². The molecule has 4 aromatic rings. The Hall–Kier alpha value is -4.15. The summed E-state index contributed by atoms with van der Waals surface area (Å²) in [4.78, 5) is 27.4. The molecule has 0 radical (unpaired) electrons. The first kappa shape index (κ1) is 32.4. The number of rotatable bonds is 7. The Bertz CT molecular complexity index is 2130. The lowest BCUT2D eigenvalue weighted by Gasteiger charge is -2.29. The molecule has 0 saturated carbocycles. The largest absolute Gasteiger partial charge is 0.464 e. The van der Waals surface area contributed by atoms with Crippen LogP contribution in [0.2, 0.25) is 0 Å². The van der Waals surface area contributed by atoms with Crippen LogP contribution < -0.4 is 5.32 Å². The number of thioether (sulfide) groups is 2. The van der Waals surface area contributed by atoms with Gasteiger partial charge in [-0.3, -0.25) is 4.79 Å². The van der Waals surface area contributed by atoms with Crippen molar-refractivity contribution < 1.29 is 27.1 Å². The van der Waals surface area contributed by atoms with Crippen molar-refractivity contribution in [2.24, 2.45) is 0 Å². The molecule has 1 N–H and O–H groups in total. The monoisotopic (exact) mass is 699 g/mol. The SMILES string of the molecule is CCOC(=O)C(NC(=O)c1cccc2c1-c1ccccc1C21SCCS1)c1ccc2c(c1)CN(S(=O)(=O)c1ccc(F)c(C#N)c1)CC2. The van der Waals surface area contributed by atoms with E-state index >= 15 is 0 Å². The Morgan fingerprint density at radius 2 is 1.79 bits per heavy atom. The van der Waals surface area contributed by atoms with Crippen LogP contribution in [0.3, 0.4) is 0 Å². The van der Waals surface area contributed by atoms with Gasteiger partial charge in [0, 0.05) is 35.7 Å². The first-order valence-electron chi connectivity index (χ1n) is 15.5. The molecule has 4 aromatic carbocycles. The van der Waals surface area contributed by atoms with Gasteiger partial charge in [0.1, 0.15) is 16.0 Å². The van der Waals surface area contributed by atoms with Crippen LogP contribution in [0.1, 0.15) is 56.7 Å². The summed E-state index contributed by atoms with van der Waals surface area (Å²) in [6.45, 7) is 1.98. The molecule has 2 heterocycles. The van der Waals surface area contributed by atoms with Gasteiger partial charge in [0.2, 0.25) is 10.0 Å². The topological polar surface area (TPSA) is 117 Å². The number of amides is 1. The maximum absolute atomic E-state index is 14.1. The van der Waals surface area contributed by atoms with Crippen LogP contribution in [-0.4, -0.2) is 49.3 Å². The Morgan fingerprint density at radius 3 is 2.56 bits per heavy atom. The fourth-order valence-corrected chi connectivity index (χ4v) is 11.5. The average Bonchev–Trinajstić information content (AvgIpc) is 3.71. The number of nitrogens with one attached hydrogen (secondary N) is 1. The summed E-state index contributed by atoms with van der Waals surface area (Å²) in [6.07, 6.45) is 0.408. The van der Waals surface area contributed by atoms with Crippen molar-refractivity contribution in [1.29, 1.82) is 5.26 Å². The van der Waals surface area contributed by atoms with Gasteiger partial charge in [-0.15, -0.1) is 23.5 Å². The van der Waals surface area contributed by atoms with Crippen molar-refractivity contribution in [2.45, 2.75) is 34.9 Å². The zero-order valence-electron chi connectivity index (χ0n) is 25.9. The zero-order chi connectivity index (χ0) is 33.6. The average molecular weight is 700 g/mol. The molecule has 1 saturated heterocycles. The van der Waals surface area contributed by atoms with Crippen molar-refractivity contribution in [3.63, 3.8) is 0 Å². The minimum absolute atomic E-state index is 0.00530. The van der Waals surface area contributed by atoms with Crippen LogP contribution in [0.25, 0.3) is 11.1 Å². The number of ether oxygens (including phenoxy) is 1. The third kappa shape index (κ3) is 5.39. The van der Waals surface area contributed by atoms with Gasteiger partial charge >= 0.3 is 5.97 Å². The zero-order valence-corrected chi connectivity index (χ0v) is 28.3. The summed E-state index contributed by atoms with van der Waals surface area (Å²) in [5.74, 6) is 0.158. The fourth-order valence-electron chi connectivity index (χ4n) is 6.71. The Balaban J connectivity index is 1.21. The molecular formula is C36H30FN3O5S3. The minimum atomic E-state index is -4.06. The van der Waals surface area contributed by atoms with E-state index in [0.29, 0.717) is 23.1 Å². The molecular weight excluding hydrogens is 670 g/mol. The summed E-state index contributed by atoms with van der Waals surface area (Å²) in [5, 5.41) is 12.2. The Labute approximate surface area is 286 Å². The number of hydrogen-bond donors (Lipinski definition) is 1. The Morgan fingerprint density at radius 1 is 1.02 bits per heavy atom. The molecule has 244 valence electrons. The number of esters is 1. The lowest BCUT2D eigenvalue weighted by atomic mass is 9.95. The van der Waals surface area contributed by atoms with Gasteiger partial charge in [0.25, 0.3) is 5.91 Å². The van der Waals surface area contributed by atoms with E-state index < -0.39 is 33.8 Å². The summed E-state index contributed by atoms with van der Waals surface area (Å²) in [5.41, 5.74) is 6.26. The van der Waals surface area contributed by atoms with Crippen molar-refractivity contribution >= 4 is 45.4 Å². The quantitative estimate of drug-likeness (QED) is 0.229. The molecule has 8 nitrogen and oxygen atoms in total. The molecule has 1 atom stereocenters. The van der Waals surface area contributed by atoms with E-state index in [2.05, 4.69) is 17.4 Å². The number of benzene rings is 4. The number of hydrogen-bond acceptors (Lipinski definition) is 8. The predicted octanol–water partition coefficient (Wildman–Crippen LogP) is 6.14. The van der Waals surface area contributed by atoms with Crippen molar-refractivity contribution in [3.8, 4) is 17.2 Å². The molecule has 1 aliphatic carbocycles. The number of sulfonamides is 1. The first-order chi connectivity index (χ1) is 23.2. The fraction of sp³-hybridized carbons (Fsp3) is 0.250. The van der Waals surface area contributed by atoms with Crippen LogP contribution in [0.4, 0.5) is 4.39 Å². The van der Waals surface area contributed by atoms with E-state index in [4.69, 9.17) is 4.74 Å². The lowest BCUT2D eigenvalue weighted by molar-refractivity contribution is -0.145. The van der Waals surface area contributed by atoms with Gasteiger partial charge in [0.05, 0.1) is 17.1 Å². The van der Waals surface area contributed by atoms with Crippen LogP contribution in [0.5, 0.6) is 0 Å². The number of carbonyl (C=O) groups is 2. The molecule has 1 unspecified atom stereocenters. The van der Waals surface area contributed by atoms with Gasteiger partial charge < -0.3 is 10.1 Å². The number of nitriles is 1. The summed E-state index contributed by atoms with van der Waals surface area (Å²) in [6, 6.07) is 22.9. The second kappa shape index (κ2) is 12.7. The van der Waals surface area contributed by atoms with Crippen LogP contribution >= 0.6 is 23.5 Å². The van der Waals surface area contributed by atoms with Gasteiger partial charge in [-0.1, -0.05) is 54.6 Å². The van der Waals surface area contributed by atoms with Gasteiger partial charge in [0.15, 0.2) is 6.04 Å². The van der Waals surface area contributed by atoms with Crippen molar-refractivity contribution in [2.75, 3.05) is 24.7 Å². The van der Waals surface area contributed by atoms with Crippen molar-refractivity contribution in [1.82, 2.24) is 9.62 Å². The normalized spacial score (nSPS) is 16.8. The summed E-state index contributed by atoms with van der Waals surface area (Å²) < 4.78 is 47.4. The molecule has 7 rings (SSSR count). The highest BCUT2D eigenvalue weighted by molar-refractivity contribution is 8.21. The smallest absolute Gasteiger partial charge is 0.333 e. The van der Waals surface area contributed by atoms with E-state index in [1.165, 1.54) is 9.87 Å². The molecule has 1 spiro atoms. The molecule has 0 aromatic heterocycles. The number of carbonyl (C=O) groups excluding carboxylic acids is 2. The van der Waals surface area contributed by atoms with E-state index in [-0.39, 0.29) is 34.2 Å². The minimum Gasteiger partial charge on any atom is -0.464 e. The highest BCUT2D eigenvalue weighted by atomic mass is 32.2. The lowest BCUT2D eigenvalue weighted by Crippen LogP contribution is -2.37. The maximum Gasteiger partial charge on any atom is 0.333 e. The maximum atomic E-state index is 14.1. The highest BCUT2D eigenvalue weighted by Crippen LogP contribution is 2.64. The molecule has 1 fully saturated rings. The summed E-state index contributed by atoms with van der Waals surface area (Å²) in [7, 11) is -4.06.